The Morgan fingerprint density at radius 3 is 1.75 bits per heavy atom. The maximum Gasteiger partial charge on any atom is 0.472 e. The number of hydrogen-bond donors (Lipinski definition) is 3. The maximum absolute atomic E-state index is 13.0. The van der Waals surface area contributed by atoms with Crippen LogP contribution in [0.25, 0.3) is 11.2 Å². The Morgan fingerprint density at radius 2 is 1.22 bits per heavy atom. The molecule has 3 rings (SSSR count). The maximum atomic E-state index is 13.0. The number of ether oxygens (including phenoxy) is 2. The van der Waals surface area contributed by atoms with Crippen LogP contribution in [0.3, 0.4) is 0 Å². The molecule has 15 nitrogen and oxygen atoms in total. The van der Waals surface area contributed by atoms with Gasteiger partial charge in [-0.2, -0.15) is 0 Å². The first kappa shape index (κ1) is 59.9. The number of nitrogens with zero attached hydrogens (tertiary/aromatic N) is 4. The van der Waals surface area contributed by atoms with Gasteiger partial charge in [-0.15, -0.1) is 0 Å². The summed E-state index contributed by atoms with van der Waals surface area (Å²) in [6.45, 7) is 7.77. The lowest BCUT2D eigenvalue weighted by Gasteiger charge is -2.32. The van der Waals surface area contributed by atoms with Gasteiger partial charge in [-0.1, -0.05) is 141 Å². The number of phosphoric acid groups is 1. The summed E-state index contributed by atoms with van der Waals surface area (Å²) in [6, 6.07) is 0. The topological polar surface area (TPSA) is 201 Å². The third kappa shape index (κ3) is 28.3. The first-order chi connectivity index (χ1) is 33.5. The van der Waals surface area contributed by atoms with Crippen molar-refractivity contribution in [2.24, 2.45) is 5.92 Å². The highest BCUT2D eigenvalue weighted by molar-refractivity contribution is 7.47. The molecule has 3 heterocycles. The fraction of sp³-hybridized carbons (Fsp3) is 0.792. The van der Waals surface area contributed by atoms with Gasteiger partial charge < -0.3 is 30.0 Å². The highest BCUT2D eigenvalue weighted by Gasteiger charge is 2.28. The molecule has 2 aromatic rings. The largest absolute Gasteiger partial charge is 0.472 e. The molecule has 1 aliphatic heterocycles. The standard InChI is InChI=1S/C53H93N6O9P/c1-4-6-8-10-12-14-16-18-20-22-24-26-28-30-32-34-48(60)65-43-47(68-49(61)35-33-31-29-27-25-23-21-19-17-15-13-11-9-7-5-2)44-67-69(63,64)66-41-40-58-38-36-46(37-39-58)42-59-52-50(57-53(59)62)51(54)55-45(3)56-52/h18-21,46-47H,4-17,22-44H2,1-3H3,(H,57,62)(H,63,64)(H2,54,55,56)/b20-18+,21-19+/t47-/m1/s1. The molecule has 0 saturated carbocycles. The van der Waals surface area contributed by atoms with Gasteiger partial charge in [-0.25, -0.2) is 19.3 Å². The van der Waals surface area contributed by atoms with Crippen molar-refractivity contribution in [1.29, 1.82) is 0 Å². The molecule has 1 fully saturated rings. The fourth-order valence-corrected chi connectivity index (χ4v) is 9.53. The van der Waals surface area contributed by atoms with Gasteiger partial charge in [0.1, 0.15) is 17.9 Å². The Hall–Kier alpha value is -3.36. The molecule has 1 saturated heterocycles. The van der Waals surface area contributed by atoms with E-state index in [4.69, 9.17) is 24.3 Å². The second-order valence-electron chi connectivity index (χ2n) is 19.2. The number of anilines is 1. The van der Waals surface area contributed by atoms with E-state index >= 15 is 0 Å². The molecule has 1 unspecified atom stereocenters. The van der Waals surface area contributed by atoms with Crippen molar-refractivity contribution < 1.29 is 37.6 Å². The highest BCUT2D eigenvalue weighted by Crippen LogP contribution is 2.43. The minimum absolute atomic E-state index is 0.0549. The number of fused-ring (bicyclic) bond motifs is 1. The molecule has 0 amide bonds. The Labute approximate surface area is 415 Å². The van der Waals surface area contributed by atoms with Crippen LogP contribution < -0.4 is 11.4 Å². The van der Waals surface area contributed by atoms with Crippen molar-refractivity contribution in [1.82, 2.24) is 24.4 Å². The predicted octanol–water partition coefficient (Wildman–Crippen LogP) is 12.4. The van der Waals surface area contributed by atoms with Crippen LogP contribution >= 0.6 is 7.82 Å². The number of carbonyl (C=O) groups is 2. The summed E-state index contributed by atoms with van der Waals surface area (Å²) in [5.41, 5.74) is 6.68. The van der Waals surface area contributed by atoms with Crippen LogP contribution in [0.2, 0.25) is 0 Å². The number of allylic oxidation sites excluding steroid dienone is 4. The van der Waals surface area contributed by atoms with E-state index in [9.17, 15) is 23.8 Å². The molecule has 2 aromatic heterocycles. The van der Waals surface area contributed by atoms with Crippen molar-refractivity contribution in [2.75, 3.05) is 45.2 Å². The van der Waals surface area contributed by atoms with Crippen molar-refractivity contribution in [2.45, 2.75) is 226 Å². The van der Waals surface area contributed by atoms with E-state index in [-0.39, 0.29) is 43.5 Å². The number of piperidine rings is 1. The number of likely N-dealkylation sites (tertiary alicyclic amines) is 1. The van der Waals surface area contributed by atoms with Crippen LogP contribution in [0.1, 0.15) is 212 Å². The molecular formula is C53H93N6O9P. The number of carbonyl (C=O) groups excluding carboxylic acids is 2. The number of aromatic nitrogens is 4. The van der Waals surface area contributed by atoms with E-state index in [0.29, 0.717) is 42.9 Å². The van der Waals surface area contributed by atoms with Gasteiger partial charge in [-0.05, 0) is 103 Å². The molecule has 0 bridgehead atoms. The van der Waals surface area contributed by atoms with E-state index in [1.54, 1.807) is 11.5 Å². The zero-order valence-corrected chi connectivity index (χ0v) is 44.0. The number of phosphoric ester groups is 1. The van der Waals surface area contributed by atoms with Gasteiger partial charge in [0, 0.05) is 25.9 Å². The fourth-order valence-electron chi connectivity index (χ4n) is 8.78. The number of aryl methyl sites for hydroxylation is 1. The monoisotopic (exact) mass is 989 g/mol. The van der Waals surface area contributed by atoms with Crippen LogP contribution in [0, 0.1) is 12.8 Å². The lowest BCUT2D eigenvalue weighted by atomic mass is 9.97. The lowest BCUT2D eigenvalue weighted by Crippen LogP contribution is -2.37. The van der Waals surface area contributed by atoms with Crippen LogP contribution in [-0.2, 0) is 39.2 Å². The summed E-state index contributed by atoms with van der Waals surface area (Å²) in [4.78, 5) is 62.4. The number of H-pyrrole nitrogens is 1. The van der Waals surface area contributed by atoms with Crippen molar-refractivity contribution in [3.05, 3.63) is 40.6 Å². The number of aromatic amines is 1. The third-order valence-corrected chi connectivity index (χ3v) is 14.0. The molecule has 2 atom stereocenters. The molecule has 0 radical (unpaired) electrons. The second kappa shape index (κ2) is 37.4. The quantitative estimate of drug-likeness (QED) is 0.0246. The molecule has 0 aliphatic carbocycles. The van der Waals surface area contributed by atoms with Gasteiger partial charge in [0.25, 0.3) is 0 Å². The average Bonchev–Trinajstić information content (AvgIpc) is 3.64. The lowest BCUT2D eigenvalue weighted by molar-refractivity contribution is -0.161. The van der Waals surface area contributed by atoms with Crippen molar-refractivity contribution in [3.8, 4) is 0 Å². The van der Waals surface area contributed by atoms with Crippen LogP contribution in [-0.4, -0.2) is 86.8 Å². The van der Waals surface area contributed by atoms with Gasteiger partial charge in [0.05, 0.1) is 13.2 Å². The Bertz CT molecular complexity index is 1840. The normalized spacial score (nSPS) is 15.1. The van der Waals surface area contributed by atoms with E-state index in [1.807, 2.05) is 0 Å². The average molecular weight is 989 g/mol. The molecule has 16 heteroatoms. The smallest absolute Gasteiger partial charge is 0.462 e. The number of nitrogens with one attached hydrogen (secondary N) is 1. The minimum atomic E-state index is -4.52. The SMILES string of the molecule is CCCCCCCC/C=C/CCCCCCCC(=O)OC[C@H](COP(=O)(O)OCCN1CCC(Cn2c(=O)[nH]c3c(N)nc(C)nc32)CC1)OC(=O)CCCCCCC/C=C/CCCCCCCC. The first-order valence-corrected chi connectivity index (χ1v) is 28.7. The summed E-state index contributed by atoms with van der Waals surface area (Å²) in [5, 5.41) is 0. The summed E-state index contributed by atoms with van der Waals surface area (Å²) in [7, 11) is -4.52. The minimum Gasteiger partial charge on any atom is -0.462 e. The molecule has 4 N–H and O–H groups in total. The number of hydrogen-bond acceptors (Lipinski definition) is 12. The Morgan fingerprint density at radius 1 is 0.725 bits per heavy atom. The van der Waals surface area contributed by atoms with E-state index in [0.717, 1.165) is 96.6 Å². The first-order valence-electron chi connectivity index (χ1n) is 27.2. The number of nitrogens with two attached hydrogens (primary N) is 1. The Balaban J connectivity index is 1.35. The molecule has 394 valence electrons. The number of rotatable bonds is 42. The zero-order valence-electron chi connectivity index (χ0n) is 43.2. The number of esters is 2. The van der Waals surface area contributed by atoms with E-state index in [2.05, 4.69) is 58.0 Å². The second-order valence-corrected chi connectivity index (χ2v) is 20.7. The summed E-state index contributed by atoms with van der Waals surface area (Å²) in [6.07, 6.45) is 40.3. The predicted molar refractivity (Wildman–Crippen MR) is 278 cm³/mol. The summed E-state index contributed by atoms with van der Waals surface area (Å²) >= 11 is 0. The zero-order chi connectivity index (χ0) is 49.8. The van der Waals surface area contributed by atoms with Crippen molar-refractivity contribution >= 4 is 36.7 Å². The van der Waals surface area contributed by atoms with Gasteiger partial charge in [0.2, 0.25) is 0 Å². The number of imidazole rings is 1. The Kier molecular flexibility index (Phi) is 32.5. The molecule has 69 heavy (non-hydrogen) atoms. The molecular weight excluding hydrogens is 896 g/mol. The number of unbranched alkanes of at least 4 members (excludes halogenated alkanes) is 22. The molecule has 0 spiro atoms. The molecule has 0 aromatic carbocycles. The van der Waals surface area contributed by atoms with Gasteiger partial charge >= 0.3 is 25.5 Å². The summed E-state index contributed by atoms with van der Waals surface area (Å²) < 4.78 is 36.4. The van der Waals surface area contributed by atoms with Crippen LogP contribution in [0.5, 0.6) is 0 Å². The van der Waals surface area contributed by atoms with Crippen LogP contribution in [0.4, 0.5) is 5.82 Å². The van der Waals surface area contributed by atoms with E-state index in [1.165, 1.54) is 83.5 Å². The number of nitrogen functional groups attached to an aromatic ring is 1. The van der Waals surface area contributed by atoms with E-state index < -0.39 is 32.5 Å². The van der Waals surface area contributed by atoms with Gasteiger partial charge in [0.15, 0.2) is 17.6 Å². The van der Waals surface area contributed by atoms with Crippen LogP contribution in [0.15, 0.2) is 29.1 Å². The molecule has 1 aliphatic rings. The van der Waals surface area contributed by atoms with Crippen molar-refractivity contribution in [3.63, 3.8) is 0 Å². The highest BCUT2D eigenvalue weighted by atomic mass is 31.2. The summed E-state index contributed by atoms with van der Waals surface area (Å²) in [5.74, 6) is 0.108. The van der Waals surface area contributed by atoms with Gasteiger partial charge in [-0.3, -0.25) is 23.2 Å². The third-order valence-electron chi connectivity index (χ3n) is 13.0.